The Bertz CT molecular complexity index is 1150. The average Bonchev–Trinajstić information content (AvgIpc) is 2.75. The van der Waals surface area contributed by atoms with E-state index in [9.17, 15) is 13.2 Å². The number of carbonyl (C=O) groups excluding carboxylic acids is 1. The van der Waals surface area contributed by atoms with Crippen LogP contribution in [0.15, 0.2) is 82.2 Å². The zero-order valence-electron chi connectivity index (χ0n) is 17.1. The predicted molar refractivity (Wildman–Crippen MR) is 125 cm³/mol. The minimum Gasteiger partial charge on any atom is -0.496 e. The molecular weight excluding hydrogens is 480 g/mol. The highest BCUT2D eigenvalue weighted by atomic mass is 79.9. The number of rotatable bonds is 8. The number of anilines is 1. The van der Waals surface area contributed by atoms with Crippen molar-refractivity contribution in [3.63, 3.8) is 0 Å². The summed E-state index contributed by atoms with van der Waals surface area (Å²) >= 11 is 3.35. The van der Waals surface area contributed by atoms with Gasteiger partial charge < -0.3 is 10.1 Å². The quantitative estimate of drug-likeness (QED) is 0.480. The molecule has 1 atom stereocenters. The van der Waals surface area contributed by atoms with Gasteiger partial charge in [-0.15, -0.1) is 0 Å². The van der Waals surface area contributed by atoms with Gasteiger partial charge in [-0.3, -0.25) is 4.79 Å². The zero-order chi connectivity index (χ0) is 22.4. The molecule has 1 amide bonds. The summed E-state index contributed by atoms with van der Waals surface area (Å²) < 4.78 is 34.7. The maximum atomic E-state index is 13.0. The normalized spacial score (nSPS) is 12.2. The van der Waals surface area contributed by atoms with Crippen molar-refractivity contribution in [2.75, 3.05) is 12.4 Å². The van der Waals surface area contributed by atoms with Crippen LogP contribution in [0.4, 0.5) is 5.69 Å². The molecule has 0 unspecified atom stereocenters. The van der Waals surface area contributed by atoms with Gasteiger partial charge in [0.25, 0.3) is 0 Å². The van der Waals surface area contributed by atoms with Crippen molar-refractivity contribution in [3.8, 4) is 5.75 Å². The lowest BCUT2D eigenvalue weighted by atomic mass is 10.1. The Labute approximate surface area is 190 Å². The van der Waals surface area contributed by atoms with Crippen LogP contribution in [0.2, 0.25) is 0 Å². The SMILES string of the molecule is COc1ccc(S(=O)(=O)N[C@@H](Cc2ccccc2)C(=O)Nc2ccc(Br)cc2)cc1C. The van der Waals surface area contributed by atoms with E-state index in [1.807, 2.05) is 30.3 Å². The fourth-order valence-corrected chi connectivity index (χ4v) is 4.62. The van der Waals surface area contributed by atoms with E-state index < -0.39 is 22.0 Å². The highest BCUT2D eigenvalue weighted by Crippen LogP contribution is 2.22. The van der Waals surface area contributed by atoms with Crippen LogP contribution >= 0.6 is 15.9 Å². The number of hydrogen-bond donors (Lipinski definition) is 2. The second-order valence-electron chi connectivity index (χ2n) is 6.99. The first-order valence-electron chi connectivity index (χ1n) is 9.56. The number of methoxy groups -OCH3 is 1. The highest BCUT2D eigenvalue weighted by molar-refractivity contribution is 9.10. The average molecular weight is 503 g/mol. The number of carbonyl (C=O) groups is 1. The maximum Gasteiger partial charge on any atom is 0.242 e. The lowest BCUT2D eigenvalue weighted by molar-refractivity contribution is -0.117. The highest BCUT2D eigenvalue weighted by Gasteiger charge is 2.26. The molecule has 31 heavy (non-hydrogen) atoms. The van der Waals surface area contributed by atoms with Crippen molar-refractivity contribution in [1.29, 1.82) is 0 Å². The van der Waals surface area contributed by atoms with E-state index in [0.29, 0.717) is 17.0 Å². The van der Waals surface area contributed by atoms with Crippen molar-refractivity contribution in [2.45, 2.75) is 24.3 Å². The summed E-state index contributed by atoms with van der Waals surface area (Å²) in [5.41, 5.74) is 2.10. The lowest BCUT2D eigenvalue weighted by Crippen LogP contribution is -2.45. The maximum absolute atomic E-state index is 13.0. The Morgan fingerprint density at radius 3 is 2.32 bits per heavy atom. The molecule has 162 valence electrons. The number of ether oxygens (including phenoxy) is 1. The van der Waals surface area contributed by atoms with Crippen molar-refractivity contribution in [1.82, 2.24) is 4.72 Å². The molecule has 0 saturated heterocycles. The largest absolute Gasteiger partial charge is 0.496 e. The Kier molecular flexibility index (Phi) is 7.48. The number of halogens is 1. The van der Waals surface area contributed by atoms with Crippen LogP contribution in [0.1, 0.15) is 11.1 Å². The topological polar surface area (TPSA) is 84.5 Å². The summed E-state index contributed by atoms with van der Waals surface area (Å²) in [6.07, 6.45) is 0.206. The van der Waals surface area contributed by atoms with Crippen molar-refractivity contribution < 1.29 is 17.9 Å². The molecule has 0 saturated carbocycles. The zero-order valence-corrected chi connectivity index (χ0v) is 19.5. The third-order valence-corrected chi connectivity index (χ3v) is 6.68. The Morgan fingerprint density at radius 2 is 1.71 bits per heavy atom. The summed E-state index contributed by atoms with van der Waals surface area (Å²) in [7, 11) is -2.42. The Hall–Kier alpha value is -2.68. The van der Waals surface area contributed by atoms with Gasteiger partial charge in [0.15, 0.2) is 0 Å². The van der Waals surface area contributed by atoms with E-state index in [4.69, 9.17) is 4.74 Å². The van der Waals surface area contributed by atoms with Crippen LogP contribution in [0.5, 0.6) is 5.75 Å². The van der Waals surface area contributed by atoms with E-state index in [0.717, 1.165) is 10.0 Å². The lowest BCUT2D eigenvalue weighted by Gasteiger charge is -2.19. The number of sulfonamides is 1. The van der Waals surface area contributed by atoms with Gasteiger partial charge in [0.1, 0.15) is 11.8 Å². The van der Waals surface area contributed by atoms with E-state index in [1.54, 1.807) is 37.3 Å². The van der Waals surface area contributed by atoms with Gasteiger partial charge in [0.05, 0.1) is 12.0 Å². The van der Waals surface area contributed by atoms with E-state index in [-0.39, 0.29) is 11.3 Å². The molecule has 0 bridgehead atoms. The van der Waals surface area contributed by atoms with Gasteiger partial charge in [0.2, 0.25) is 15.9 Å². The van der Waals surface area contributed by atoms with Crippen LogP contribution in [-0.2, 0) is 21.2 Å². The third-order valence-electron chi connectivity index (χ3n) is 4.68. The van der Waals surface area contributed by atoms with Crippen LogP contribution in [0.25, 0.3) is 0 Å². The first kappa shape index (κ1) is 23.0. The van der Waals surface area contributed by atoms with Crippen molar-refractivity contribution >= 4 is 37.5 Å². The molecule has 2 N–H and O–H groups in total. The van der Waals surface area contributed by atoms with E-state index >= 15 is 0 Å². The molecule has 0 aromatic heterocycles. The van der Waals surface area contributed by atoms with E-state index in [2.05, 4.69) is 26.0 Å². The molecule has 0 fully saturated rings. The fourth-order valence-electron chi connectivity index (χ4n) is 3.07. The third kappa shape index (κ3) is 6.16. The molecule has 3 aromatic carbocycles. The molecule has 0 heterocycles. The molecular formula is C23H23BrN2O4S. The monoisotopic (exact) mass is 502 g/mol. The summed E-state index contributed by atoms with van der Waals surface area (Å²) in [4.78, 5) is 13.1. The smallest absolute Gasteiger partial charge is 0.242 e. The van der Waals surface area contributed by atoms with Gasteiger partial charge in [-0.25, -0.2) is 8.42 Å². The molecule has 3 aromatic rings. The number of nitrogens with one attached hydrogen (secondary N) is 2. The fraction of sp³-hybridized carbons (Fsp3) is 0.174. The molecule has 6 nitrogen and oxygen atoms in total. The number of aryl methyl sites for hydroxylation is 1. The summed E-state index contributed by atoms with van der Waals surface area (Å²) in [6.45, 7) is 1.76. The van der Waals surface area contributed by atoms with Crippen LogP contribution in [0, 0.1) is 6.92 Å². The van der Waals surface area contributed by atoms with Gasteiger partial charge in [-0.2, -0.15) is 4.72 Å². The second kappa shape index (κ2) is 10.1. The Balaban J connectivity index is 1.87. The molecule has 3 rings (SSSR count). The minimum atomic E-state index is -3.94. The summed E-state index contributed by atoms with van der Waals surface area (Å²) in [6, 6.07) is 19.9. The van der Waals surface area contributed by atoms with Crippen molar-refractivity contribution in [3.05, 3.63) is 88.4 Å². The second-order valence-corrected chi connectivity index (χ2v) is 9.62. The van der Waals surface area contributed by atoms with Crippen molar-refractivity contribution in [2.24, 2.45) is 0 Å². The van der Waals surface area contributed by atoms with Crippen LogP contribution in [0.3, 0.4) is 0 Å². The molecule has 0 aliphatic rings. The first-order valence-corrected chi connectivity index (χ1v) is 11.8. The predicted octanol–water partition coefficient (Wildman–Crippen LogP) is 4.29. The number of amides is 1. The number of hydrogen-bond acceptors (Lipinski definition) is 4. The molecule has 0 radical (unpaired) electrons. The van der Waals surface area contributed by atoms with Gasteiger partial charge in [-0.1, -0.05) is 46.3 Å². The molecule has 0 aliphatic carbocycles. The first-order chi connectivity index (χ1) is 14.8. The van der Waals surface area contributed by atoms with Gasteiger partial charge in [-0.05, 0) is 66.9 Å². The van der Waals surface area contributed by atoms with Gasteiger partial charge >= 0.3 is 0 Å². The molecule has 0 aliphatic heterocycles. The van der Waals surface area contributed by atoms with E-state index in [1.165, 1.54) is 19.2 Å². The summed E-state index contributed by atoms with van der Waals surface area (Å²) in [5, 5.41) is 2.79. The summed E-state index contributed by atoms with van der Waals surface area (Å²) in [5.74, 6) is 0.146. The number of benzene rings is 3. The standard InChI is InChI=1S/C23H23BrN2O4S/c1-16-14-20(12-13-22(16)30-2)31(28,29)26-21(15-17-6-4-3-5-7-17)23(27)25-19-10-8-18(24)9-11-19/h3-14,21,26H,15H2,1-2H3,(H,25,27)/t21-/m0/s1. The van der Waals surface area contributed by atoms with Crippen LogP contribution in [-0.4, -0.2) is 27.5 Å². The molecule has 8 heteroatoms. The van der Waals surface area contributed by atoms with Gasteiger partial charge in [0, 0.05) is 10.2 Å². The van der Waals surface area contributed by atoms with Crippen LogP contribution < -0.4 is 14.8 Å². The Morgan fingerprint density at radius 1 is 1.03 bits per heavy atom. The minimum absolute atomic E-state index is 0.0697. The molecule has 0 spiro atoms.